The first-order valence-corrected chi connectivity index (χ1v) is 6.41. The van der Waals surface area contributed by atoms with Crippen LogP contribution in [0.2, 0.25) is 15.1 Å². The van der Waals surface area contributed by atoms with Gasteiger partial charge in [0.2, 0.25) is 0 Å². The van der Waals surface area contributed by atoms with Crippen LogP contribution in [0.3, 0.4) is 0 Å². The van der Waals surface area contributed by atoms with Crippen LogP contribution in [0.1, 0.15) is 16.1 Å². The molecule has 0 aliphatic carbocycles. The maximum Gasteiger partial charge on any atom is 0.339 e. The van der Waals surface area contributed by atoms with Crippen LogP contribution in [-0.2, 0) is 0 Å². The van der Waals surface area contributed by atoms with Gasteiger partial charge in [0, 0.05) is 12.3 Å². The highest BCUT2D eigenvalue weighted by molar-refractivity contribution is 6.43. The molecule has 2 aromatic rings. The van der Waals surface area contributed by atoms with Crippen molar-refractivity contribution in [1.29, 1.82) is 0 Å². The minimum absolute atomic E-state index is 0.00224. The number of carbonyl (C=O) groups is 1. The second-order valence-corrected chi connectivity index (χ2v) is 4.98. The normalized spacial score (nSPS) is 10.4. The van der Waals surface area contributed by atoms with E-state index in [1.54, 1.807) is 0 Å². The lowest BCUT2D eigenvalue weighted by atomic mass is 10.2. The number of ether oxygens (including phenoxy) is 1. The lowest BCUT2D eigenvalue weighted by molar-refractivity contribution is 0.0695. The molecule has 0 fully saturated rings. The van der Waals surface area contributed by atoms with Crippen LogP contribution in [0, 0.1) is 6.92 Å². The molecule has 0 spiro atoms. The molecule has 0 aliphatic heterocycles. The Morgan fingerprint density at radius 1 is 1.20 bits per heavy atom. The maximum absolute atomic E-state index is 10.9. The summed E-state index contributed by atoms with van der Waals surface area (Å²) in [5.41, 5.74) is 0.274. The third-order valence-electron chi connectivity index (χ3n) is 2.36. The average Bonchev–Trinajstić information content (AvgIpc) is 2.35. The minimum atomic E-state index is -1.11. The number of aryl methyl sites for hydroxylation is 1. The van der Waals surface area contributed by atoms with Gasteiger partial charge in [-0.15, -0.1) is 0 Å². The van der Waals surface area contributed by atoms with E-state index in [0.717, 1.165) is 6.20 Å². The standard InChI is InChI=1S/C12H7Cl3N2O3/c1-5-6(11(18)19)4-16-12(17-5)20-10-3-8(14)7(13)2-9(10)15/h2-4H,1H3,(H,18,19). The first-order valence-electron chi connectivity index (χ1n) is 5.28. The molecule has 0 amide bonds. The van der Waals surface area contributed by atoms with Crippen LogP contribution in [0.15, 0.2) is 18.3 Å². The summed E-state index contributed by atoms with van der Waals surface area (Å²) in [6, 6.07) is 2.82. The van der Waals surface area contributed by atoms with Crippen LogP contribution in [0.4, 0.5) is 0 Å². The van der Waals surface area contributed by atoms with E-state index in [2.05, 4.69) is 9.97 Å². The SMILES string of the molecule is Cc1nc(Oc2cc(Cl)c(Cl)cc2Cl)ncc1C(=O)O. The topological polar surface area (TPSA) is 72.3 Å². The Bertz CT molecular complexity index is 692. The van der Waals surface area contributed by atoms with Crippen molar-refractivity contribution in [2.75, 3.05) is 0 Å². The number of nitrogens with zero attached hydrogens (tertiary/aromatic N) is 2. The van der Waals surface area contributed by atoms with Gasteiger partial charge in [0.25, 0.3) is 0 Å². The van der Waals surface area contributed by atoms with E-state index in [0.29, 0.717) is 5.02 Å². The summed E-state index contributed by atoms with van der Waals surface area (Å²) < 4.78 is 5.37. The number of rotatable bonds is 3. The fraction of sp³-hybridized carbons (Fsp3) is 0.0833. The molecule has 0 aliphatic rings. The smallest absolute Gasteiger partial charge is 0.339 e. The fourth-order valence-corrected chi connectivity index (χ4v) is 1.96. The molecule has 0 saturated heterocycles. The van der Waals surface area contributed by atoms with Gasteiger partial charge < -0.3 is 9.84 Å². The Morgan fingerprint density at radius 3 is 2.45 bits per heavy atom. The van der Waals surface area contributed by atoms with Crippen molar-refractivity contribution < 1.29 is 14.6 Å². The van der Waals surface area contributed by atoms with Crippen molar-refractivity contribution >= 4 is 40.8 Å². The summed E-state index contributed by atoms with van der Waals surface area (Å²) in [5, 5.41) is 9.68. The summed E-state index contributed by atoms with van der Waals surface area (Å²) in [7, 11) is 0. The molecule has 1 aromatic heterocycles. The Hall–Kier alpha value is -1.56. The predicted molar refractivity (Wildman–Crippen MR) is 75.3 cm³/mol. The van der Waals surface area contributed by atoms with Crippen molar-refractivity contribution in [2.45, 2.75) is 6.92 Å². The highest BCUT2D eigenvalue weighted by Gasteiger charge is 2.13. The third-order valence-corrected chi connectivity index (χ3v) is 3.38. The van der Waals surface area contributed by atoms with Gasteiger partial charge in [-0.2, -0.15) is 4.98 Å². The van der Waals surface area contributed by atoms with E-state index in [9.17, 15) is 4.79 Å². The number of carboxylic acid groups (broad SMARTS) is 1. The van der Waals surface area contributed by atoms with Gasteiger partial charge in [0.05, 0.1) is 26.3 Å². The van der Waals surface area contributed by atoms with Gasteiger partial charge in [0.15, 0.2) is 5.75 Å². The zero-order valence-corrected chi connectivity index (χ0v) is 12.3. The Labute approximate surface area is 129 Å². The highest BCUT2D eigenvalue weighted by Crippen LogP contribution is 2.35. The van der Waals surface area contributed by atoms with E-state index < -0.39 is 5.97 Å². The van der Waals surface area contributed by atoms with E-state index in [4.69, 9.17) is 44.6 Å². The van der Waals surface area contributed by atoms with Gasteiger partial charge in [-0.05, 0) is 13.0 Å². The largest absolute Gasteiger partial charge is 0.478 e. The minimum Gasteiger partial charge on any atom is -0.478 e. The van der Waals surface area contributed by atoms with Crippen LogP contribution < -0.4 is 4.74 Å². The molecule has 20 heavy (non-hydrogen) atoms. The molecular weight excluding hydrogens is 327 g/mol. The van der Waals surface area contributed by atoms with Crippen molar-refractivity contribution in [1.82, 2.24) is 9.97 Å². The molecule has 0 unspecified atom stereocenters. The van der Waals surface area contributed by atoms with Crippen LogP contribution in [-0.4, -0.2) is 21.0 Å². The van der Waals surface area contributed by atoms with E-state index in [1.165, 1.54) is 19.1 Å². The molecule has 0 bridgehead atoms. The molecule has 0 radical (unpaired) electrons. The summed E-state index contributed by atoms with van der Waals surface area (Å²) in [6.45, 7) is 1.54. The van der Waals surface area contributed by atoms with E-state index >= 15 is 0 Å². The highest BCUT2D eigenvalue weighted by atomic mass is 35.5. The monoisotopic (exact) mass is 332 g/mol. The second kappa shape index (κ2) is 5.83. The molecule has 104 valence electrons. The number of hydrogen-bond donors (Lipinski definition) is 1. The van der Waals surface area contributed by atoms with Gasteiger partial charge in [-0.3, -0.25) is 0 Å². The number of benzene rings is 1. The molecule has 8 heteroatoms. The first-order chi connectivity index (χ1) is 9.38. The molecule has 1 N–H and O–H groups in total. The average molecular weight is 334 g/mol. The Morgan fingerprint density at radius 2 is 1.85 bits per heavy atom. The summed E-state index contributed by atoms with van der Waals surface area (Å²) in [6.07, 6.45) is 1.16. The van der Waals surface area contributed by atoms with Crippen molar-refractivity contribution in [3.05, 3.63) is 44.7 Å². The van der Waals surface area contributed by atoms with Gasteiger partial charge in [-0.1, -0.05) is 34.8 Å². The van der Waals surface area contributed by atoms with Crippen LogP contribution >= 0.6 is 34.8 Å². The summed E-state index contributed by atoms with van der Waals surface area (Å²) in [5.74, 6) is -0.884. The van der Waals surface area contributed by atoms with Crippen LogP contribution in [0.25, 0.3) is 0 Å². The number of aromatic carboxylic acids is 1. The van der Waals surface area contributed by atoms with E-state index in [1.807, 2.05) is 0 Å². The third kappa shape index (κ3) is 3.12. The molecule has 1 heterocycles. The molecule has 0 atom stereocenters. The van der Waals surface area contributed by atoms with Crippen LogP contribution in [0.5, 0.6) is 11.8 Å². The molecule has 0 saturated carbocycles. The van der Waals surface area contributed by atoms with Crippen molar-refractivity contribution in [3.63, 3.8) is 0 Å². The molecule has 5 nitrogen and oxygen atoms in total. The fourth-order valence-electron chi connectivity index (χ4n) is 1.39. The first kappa shape index (κ1) is 14.8. The number of aromatic nitrogens is 2. The number of carboxylic acids is 1. The molecular formula is C12H7Cl3N2O3. The lowest BCUT2D eigenvalue weighted by Gasteiger charge is -2.08. The second-order valence-electron chi connectivity index (χ2n) is 3.76. The van der Waals surface area contributed by atoms with E-state index in [-0.39, 0.29) is 33.1 Å². The predicted octanol–water partition coefficient (Wildman–Crippen LogP) is 4.24. The Kier molecular flexibility index (Phi) is 4.32. The van der Waals surface area contributed by atoms with Gasteiger partial charge in [-0.25, -0.2) is 9.78 Å². The molecule has 2 rings (SSSR count). The van der Waals surface area contributed by atoms with Crippen molar-refractivity contribution in [3.8, 4) is 11.8 Å². The summed E-state index contributed by atoms with van der Waals surface area (Å²) >= 11 is 17.6. The number of hydrogen-bond acceptors (Lipinski definition) is 4. The number of halogens is 3. The Balaban J connectivity index is 2.33. The van der Waals surface area contributed by atoms with Gasteiger partial charge in [0.1, 0.15) is 0 Å². The van der Waals surface area contributed by atoms with Gasteiger partial charge >= 0.3 is 12.0 Å². The lowest BCUT2D eigenvalue weighted by Crippen LogP contribution is -2.04. The zero-order chi connectivity index (χ0) is 14.9. The van der Waals surface area contributed by atoms with Crippen molar-refractivity contribution in [2.24, 2.45) is 0 Å². The zero-order valence-electron chi connectivity index (χ0n) is 10.0. The molecule has 1 aromatic carbocycles. The maximum atomic E-state index is 10.9. The quantitative estimate of drug-likeness (QED) is 0.851. The summed E-state index contributed by atoms with van der Waals surface area (Å²) in [4.78, 5) is 18.6.